The van der Waals surface area contributed by atoms with Gasteiger partial charge in [0.25, 0.3) is 5.91 Å². The van der Waals surface area contributed by atoms with Gasteiger partial charge in [0.15, 0.2) is 0 Å². The monoisotopic (exact) mass is 404 g/mol. The summed E-state index contributed by atoms with van der Waals surface area (Å²) in [6.07, 6.45) is 1.69. The van der Waals surface area contributed by atoms with E-state index in [4.69, 9.17) is 9.47 Å². The number of halogens is 1. The lowest BCUT2D eigenvalue weighted by molar-refractivity contribution is -0.134. The fraction of sp³-hybridized carbons (Fsp3) is 0.167. The zero-order chi connectivity index (χ0) is 18.2. The van der Waals surface area contributed by atoms with Crippen molar-refractivity contribution >= 4 is 34.0 Å². The molecule has 7 heteroatoms. The second kappa shape index (κ2) is 8.98. The minimum absolute atomic E-state index is 0.265. The van der Waals surface area contributed by atoms with Crippen molar-refractivity contribution in [2.45, 2.75) is 13.3 Å². The summed E-state index contributed by atoms with van der Waals surface area (Å²) in [6.45, 7) is 1.71. The van der Waals surface area contributed by atoms with Crippen molar-refractivity contribution in [2.75, 3.05) is 7.11 Å². The Morgan fingerprint density at radius 2 is 1.92 bits per heavy atom. The number of rotatable bonds is 6. The van der Waals surface area contributed by atoms with Gasteiger partial charge >= 0.3 is 5.97 Å². The van der Waals surface area contributed by atoms with Gasteiger partial charge in [-0.15, -0.1) is 0 Å². The van der Waals surface area contributed by atoms with Gasteiger partial charge in [-0.25, -0.2) is 5.43 Å². The lowest BCUT2D eigenvalue weighted by Gasteiger charge is -2.07. The van der Waals surface area contributed by atoms with Gasteiger partial charge in [0, 0.05) is 22.0 Å². The standard InChI is InChI=1S/C18H17BrN2O4/c1-3-17(22)25-16-9-6-14(19)10-13(16)11-20-21-18(23)12-4-7-15(24-2)8-5-12/h4-11H,3H2,1-2H3,(H,21,23)/b20-11+. The molecule has 6 nitrogen and oxygen atoms in total. The highest BCUT2D eigenvalue weighted by Crippen LogP contribution is 2.22. The highest BCUT2D eigenvalue weighted by molar-refractivity contribution is 9.10. The summed E-state index contributed by atoms with van der Waals surface area (Å²) in [4.78, 5) is 23.5. The smallest absolute Gasteiger partial charge is 0.310 e. The lowest BCUT2D eigenvalue weighted by atomic mass is 10.2. The molecule has 25 heavy (non-hydrogen) atoms. The van der Waals surface area contributed by atoms with Crippen LogP contribution in [0, 0.1) is 0 Å². The molecule has 0 heterocycles. The lowest BCUT2D eigenvalue weighted by Crippen LogP contribution is -2.17. The molecule has 0 aromatic heterocycles. The average Bonchev–Trinajstić information content (AvgIpc) is 2.63. The zero-order valence-corrected chi connectivity index (χ0v) is 15.4. The molecule has 2 aromatic rings. The molecule has 1 amide bonds. The molecule has 0 aliphatic heterocycles. The van der Waals surface area contributed by atoms with Gasteiger partial charge in [0.1, 0.15) is 11.5 Å². The SMILES string of the molecule is CCC(=O)Oc1ccc(Br)cc1/C=N/NC(=O)c1ccc(OC)cc1. The van der Waals surface area contributed by atoms with Crippen LogP contribution in [0.3, 0.4) is 0 Å². The van der Waals surface area contributed by atoms with Crippen LogP contribution in [0.25, 0.3) is 0 Å². The minimum Gasteiger partial charge on any atom is -0.497 e. The number of methoxy groups -OCH3 is 1. The Labute approximate surface area is 154 Å². The first kappa shape index (κ1) is 18.7. The Bertz CT molecular complexity index is 788. The third-order valence-corrected chi connectivity index (χ3v) is 3.70. The quantitative estimate of drug-likeness (QED) is 0.345. The Kier molecular flexibility index (Phi) is 6.71. The van der Waals surface area contributed by atoms with E-state index in [0.717, 1.165) is 4.47 Å². The van der Waals surface area contributed by atoms with E-state index in [-0.39, 0.29) is 18.3 Å². The Hall–Kier alpha value is -2.67. The summed E-state index contributed by atoms with van der Waals surface area (Å²) in [5.74, 6) is 0.328. The molecule has 0 fully saturated rings. The van der Waals surface area contributed by atoms with Crippen LogP contribution in [0.4, 0.5) is 0 Å². The van der Waals surface area contributed by atoms with Gasteiger partial charge in [0.2, 0.25) is 0 Å². The highest BCUT2D eigenvalue weighted by atomic mass is 79.9. The van der Waals surface area contributed by atoms with Gasteiger partial charge in [-0.05, 0) is 42.5 Å². The minimum atomic E-state index is -0.360. The molecule has 0 aliphatic rings. The third-order valence-electron chi connectivity index (χ3n) is 3.21. The van der Waals surface area contributed by atoms with Crippen molar-refractivity contribution in [1.82, 2.24) is 5.43 Å². The molecule has 1 N–H and O–H groups in total. The fourth-order valence-corrected chi connectivity index (χ4v) is 2.25. The number of carbonyl (C=O) groups is 2. The maximum Gasteiger partial charge on any atom is 0.310 e. The van der Waals surface area contributed by atoms with E-state index in [9.17, 15) is 9.59 Å². The van der Waals surface area contributed by atoms with Crippen molar-refractivity contribution in [3.05, 3.63) is 58.1 Å². The summed E-state index contributed by atoms with van der Waals surface area (Å²) in [5.41, 5.74) is 3.44. The van der Waals surface area contributed by atoms with Crippen LogP contribution >= 0.6 is 15.9 Å². The summed E-state index contributed by atoms with van der Waals surface area (Å²) in [5, 5.41) is 3.93. The number of carbonyl (C=O) groups excluding carboxylic acids is 2. The van der Waals surface area contributed by atoms with Crippen LogP contribution < -0.4 is 14.9 Å². The highest BCUT2D eigenvalue weighted by Gasteiger charge is 2.08. The summed E-state index contributed by atoms with van der Waals surface area (Å²) in [7, 11) is 1.56. The number of esters is 1. The van der Waals surface area contributed by atoms with Crippen molar-refractivity contribution in [3.8, 4) is 11.5 Å². The molecule has 2 aromatic carbocycles. The van der Waals surface area contributed by atoms with Crippen LogP contribution in [-0.4, -0.2) is 25.2 Å². The maximum atomic E-state index is 12.1. The molecule has 0 saturated heterocycles. The molecule has 130 valence electrons. The molecule has 0 unspecified atom stereocenters. The fourth-order valence-electron chi connectivity index (χ4n) is 1.88. The largest absolute Gasteiger partial charge is 0.497 e. The first-order chi connectivity index (χ1) is 12.0. The zero-order valence-electron chi connectivity index (χ0n) is 13.8. The summed E-state index contributed by atoms with van der Waals surface area (Å²) < 4.78 is 11.1. The first-order valence-corrected chi connectivity index (χ1v) is 8.30. The van der Waals surface area contributed by atoms with E-state index in [0.29, 0.717) is 22.6 Å². The number of nitrogens with one attached hydrogen (secondary N) is 1. The Morgan fingerprint density at radius 3 is 2.56 bits per heavy atom. The predicted octanol–water partition coefficient (Wildman–Crippen LogP) is 3.54. The number of amides is 1. The molecule has 0 spiro atoms. The number of hydrazone groups is 1. The first-order valence-electron chi connectivity index (χ1n) is 7.51. The van der Waals surface area contributed by atoms with Crippen LogP contribution in [0.2, 0.25) is 0 Å². The number of hydrogen-bond donors (Lipinski definition) is 1. The number of benzene rings is 2. The van der Waals surface area contributed by atoms with Crippen molar-refractivity contribution in [3.63, 3.8) is 0 Å². The normalized spacial score (nSPS) is 10.5. The molecule has 0 saturated carbocycles. The number of hydrogen-bond acceptors (Lipinski definition) is 5. The van der Waals surface area contributed by atoms with E-state index >= 15 is 0 Å². The molecule has 0 radical (unpaired) electrons. The second-order valence-electron chi connectivity index (χ2n) is 4.94. The van der Waals surface area contributed by atoms with Gasteiger partial charge in [0.05, 0.1) is 13.3 Å². The van der Waals surface area contributed by atoms with Crippen LogP contribution in [-0.2, 0) is 4.79 Å². The molecule has 0 aliphatic carbocycles. The second-order valence-corrected chi connectivity index (χ2v) is 5.85. The van der Waals surface area contributed by atoms with E-state index in [1.807, 2.05) is 0 Å². The van der Waals surface area contributed by atoms with Crippen molar-refractivity contribution < 1.29 is 19.1 Å². The number of nitrogens with zero attached hydrogens (tertiary/aromatic N) is 1. The predicted molar refractivity (Wildman–Crippen MR) is 98.1 cm³/mol. The molecular weight excluding hydrogens is 388 g/mol. The van der Waals surface area contributed by atoms with E-state index in [2.05, 4.69) is 26.5 Å². The van der Waals surface area contributed by atoms with Crippen LogP contribution in [0.15, 0.2) is 52.0 Å². The summed E-state index contributed by atoms with van der Waals surface area (Å²) in [6, 6.07) is 11.8. The van der Waals surface area contributed by atoms with Gasteiger partial charge in [-0.1, -0.05) is 22.9 Å². The maximum absolute atomic E-state index is 12.1. The molecular formula is C18H17BrN2O4. The van der Waals surface area contributed by atoms with Crippen molar-refractivity contribution in [2.24, 2.45) is 5.10 Å². The third kappa shape index (κ3) is 5.42. The van der Waals surface area contributed by atoms with E-state index in [1.54, 1.807) is 56.5 Å². The number of ether oxygens (including phenoxy) is 2. The van der Waals surface area contributed by atoms with Gasteiger partial charge in [-0.2, -0.15) is 5.10 Å². The Morgan fingerprint density at radius 1 is 1.20 bits per heavy atom. The summed E-state index contributed by atoms with van der Waals surface area (Å²) >= 11 is 3.35. The van der Waals surface area contributed by atoms with Crippen LogP contribution in [0.1, 0.15) is 29.3 Å². The van der Waals surface area contributed by atoms with Gasteiger partial charge in [-0.3, -0.25) is 9.59 Å². The van der Waals surface area contributed by atoms with E-state index in [1.165, 1.54) is 6.21 Å². The van der Waals surface area contributed by atoms with Crippen LogP contribution in [0.5, 0.6) is 11.5 Å². The topological polar surface area (TPSA) is 77.0 Å². The molecule has 0 atom stereocenters. The van der Waals surface area contributed by atoms with E-state index < -0.39 is 0 Å². The molecule has 0 bridgehead atoms. The molecule has 2 rings (SSSR count). The Balaban J connectivity index is 2.08. The van der Waals surface area contributed by atoms with Crippen molar-refractivity contribution in [1.29, 1.82) is 0 Å². The van der Waals surface area contributed by atoms with Gasteiger partial charge < -0.3 is 9.47 Å². The average molecular weight is 405 g/mol.